The van der Waals surface area contributed by atoms with Crippen molar-refractivity contribution in [3.63, 3.8) is 0 Å². The standard InChI is InChI=1S/C19H18ClN3O3/c1-12-6-8-14(9-7-12)19-22-17(23-26-19)11-21-18(24)13(2)25-16-5-3-4-15(20)10-16/h3-10,13H,11H2,1-2H3,(H,21,24)/t13-/m1/s1. The number of nitrogens with one attached hydrogen (secondary N) is 1. The van der Waals surface area contributed by atoms with Gasteiger partial charge in [-0.2, -0.15) is 4.98 Å². The predicted molar refractivity (Wildman–Crippen MR) is 97.9 cm³/mol. The summed E-state index contributed by atoms with van der Waals surface area (Å²) >= 11 is 5.90. The van der Waals surface area contributed by atoms with Crippen molar-refractivity contribution in [3.05, 3.63) is 64.9 Å². The van der Waals surface area contributed by atoms with Crippen LogP contribution in [0.4, 0.5) is 0 Å². The number of ether oxygens (including phenoxy) is 1. The monoisotopic (exact) mass is 371 g/mol. The van der Waals surface area contributed by atoms with Crippen LogP contribution >= 0.6 is 11.6 Å². The summed E-state index contributed by atoms with van der Waals surface area (Å²) in [5.74, 6) is 1.05. The second kappa shape index (κ2) is 8.01. The minimum atomic E-state index is -0.683. The molecule has 0 saturated carbocycles. The molecule has 0 spiro atoms. The van der Waals surface area contributed by atoms with Crippen molar-refractivity contribution in [2.75, 3.05) is 0 Å². The normalized spacial score (nSPS) is 11.8. The van der Waals surface area contributed by atoms with Crippen LogP contribution in [0.1, 0.15) is 18.3 Å². The van der Waals surface area contributed by atoms with E-state index in [9.17, 15) is 4.79 Å². The minimum absolute atomic E-state index is 0.150. The highest BCUT2D eigenvalue weighted by Gasteiger charge is 2.16. The topological polar surface area (TPSA) is 77.2 Å². The molecule has 1 heterocycles. The Labute approximate surface area is 156 Å². The Morgan fingerprint density at radius 2 is 2.04 bits per heavy atom. The first-order chi connectivity index (χ1) is 12.5. The van der Waals surface area contributed by atoms with E-state index in [1.165, 1.54) is 0 Å². The minimum Gasteiger partial charge on any atom is -0.481 e. The van der Waals surface area contributed by atoms with Gasteiger partial charge in [-0.3, -0.25) is 4.79 Å². The van der Waals surface area contributed by atoms with Crippen LogP contribution in [0.2, 0.25) is 5.02 Å². The van der Waals surface area contributed by atoms with Crippen molar-refractivity contribution in [1.29, 1.82) is 0 Å². The van der Waals surface area contributed by atoms with Gasteiger partial charge in [-0.1, -0.05) is 40.5 Å². The van der Waals surface area contributed by atoms with Gasteiger partial charge in [0.05, 0.1) is 6.54 Å². The molecule has 26 heavy (non-hydrogen) atoms. The van der Waals surface area contributed by atoms with Gasteiger partial charge in [-0.15, -0.1) is 0 Å². The number of hydrogen-bond donors (Lipinski definition) is 1. The SMILES string of the molecule is Cc1ccc(-c2nc(CNC(=O)[C@@H](C)Oc3cccc(Cl)c3)no2)cc1. The molecular formula is C19H18ClN3O3. The summed E-state index contributed by atoms with van der Waals surface area (Å²) in [5, 5.41) is 7.16. The van der Waals surface area contributed by atoms with Crippen LogP contribution in [0.3, 0.4) is 0 Å². The first-order valence-electron chi connectivity index (χ1n) is 8.11. The molecule has 3 aromatic rings. The number of halogens is 1. The molecule has 0 unspecified atom stereocenters. The number of aromatic nitrogens is 2. The van der Waals surface area contributed by atoms with Crippen LogP contribution in [-0.4, -0.2) is 22.2 Å². The third-order valence-corrected chi connectivity index (χ3v) is 3.90. The van der Waals surface area contributed by atoms with Gasteiger partial charge < -0.3 is 14.6 Å². The molecule has 1 aromatic heterocycles. The van der Waals surface area contributed by atoms with Crippen LogP contribution in [-0.2, 0) is 11.3 Å². The number of rotatable bonds is 6. The summed E-state index contributed by atoms with van der Waals surface area (Å²) in [6.07, 6.45) is -0.683. The molecule has 0 aliphatic rings. The quantitative estimate of drug-likeness (QED) is 0.713. The van der Waals surface area contributed by atoms with Crippen LogP contribution < -0.4 is 10.1 Å². The maximum atomic E-state index is 12.2. The maximum Gasteiger partial charge on any atom is 0.261 e. The summed E-state index contributed by atoms with van der Waals surface area (Å²) in [4.78, 5) is 16.5. The molecular weight excluding hydrogens is 354 g/mol. The Morgan fingerprint density at radius 1 is 1.27 bits per heavy atom. The molecule has 134 valence electrons. The summed E-state index contributed by atoms with van der Waals surface area (Å²) in [6.45, 7) is 3.81. The van der Waals surface area contributed by atoms with E-state index in [0.29, 0.717) is 22.5 Å². The molecule has 1 N–H and O–H groups in total. The number of aryl methyl sites for hydroxylation is 1. The van der Waals surface area contributed by atoms with Crippen molar-refractivity contribution >= 4 is 17.5 Å². The average Bonchev–Trinajstić information content (AvgIpc) is 3.09. The van der Waals surface area contributed by atoms with E-state index in [1.807, 2.05) is 31.2 Å². The highest BCUT2D eigenvalue weighted by molar-refractivity contribution is 6.30. The molecule has 6 nitrogen and oxygen atoms in total. The van der Waals surface area contributed by atoms with Crippen LogP contribution in [0.15, 0.2) is 53.1 Å². The lowest BCUT2D eigenvalue weighted by molar-refractivity contribution is -0.127. The van der Waals surface area contributed by atoms with Crippen molar-refractivity contribution in [2.45, 2.75) is 26.5 Å². The van der Waals surface area contributed by atoms with E-state index in [-0.39, 0.29) is 12.5 Å². The molecule has 0 fully saturated rings. The first-order valence-corrected chi connectivity index (χ1v) is 8.48. The van der Waals surface area contributed by atoms with Gasteiger partial charge >= 0.3 is 0 Å². The fourth-order valence-electron chi connectivity index (χ4n) is 2.25. The second-order valence-corrected chi connectivity index (χ2v) is 6.25. The fourth-order valence-corrected chi connectivity index (χ4v) is 2.43. The molecule has 1 atom stereocenters. The van der Waals surface area contributed by atoms with Crippen molar-refractivity contribution < 1.29 is 14.1 Å². The number of nitrogens with zero attached hydrogens (tertiary/aromatic N) is 2. The van der Waals surface area contributed by atoms with Crippen molar-refractivity contribution in [1.82, 2.24) is 15.5 Å². The molecule has 0 bridgehead atoms. The zero-order valence-corrected chi connectivity index (χ0v) is 15.2. The van der Waals surface area contributed by atoms with Gasteiger partial charge in [0.25, 0.3) is 11.8 Å². The van der Waals surface area contributed by atoms with Crippen molar-refractivity contribution in [3.8, 4) is 17.2 Å². The van der Waals surface area contributed by atoms with Crippen molar-refractivity contribution in [2.24, 2.45) is 0 Å². The van der Waals surface area contributed by atoms with Crippen LogP contribution in [0.5, 0.6) is 5.75 Å². The highest BCUT2D eigenvalue weighted by Crippen LogP contribution is 2.19. The fraction of sp³-hybridized carbons (Fsp3) is 0.211. The van der Waals surface area contributed by atoms with E-state index in [2.05, 4.69) is 15.5 Å². The predicted octanol–water partition coefficient (Wildman–Crippen LogP) is 3.78. The molecule has 1 amide bonds. The number of carbonyl (C=O) groups is 1. The maximum absolute atomic E-state index is 12.2. The molecule has 0 aliphatic heterocycles. The summed E-state index contributed by atoms with van der Waals surface area (Å²) < 4.78 is 10.8. The number of amides is 1. The molecule has 0 aliphatic carbocycles. The van der Waals surface area contributed by atoms with E-state index >= 15 is 0 Å². The van der Waals surface area contributed by atoms with Gasteiger partial charge in [0, 0.05) is 10.6 Å². The number of carbonyl (C=O) groups excluding carboxylic acids is 1. The Kier molecular flexibility index (Phi) is 5.53. The molecule has 2 aromatic carbocycles. The summed E-state index contributed by atoms with van der Waals surface area (Å²) in [7, 11) is 0. The highest BCUT2D eigenvalue weighted by atomic mass is 35.5. The lowest BCUT2D eigenvalue weighted by Gasteiger charge is -2.14. The zero-order valence-electron chi connectivity index (χ0n) is 14.4. The first kappa shape index (κ1) is 17.9. The molecule has 0 saturated heterocycles. The molecule has 7 heteroatoms. The van der Waals surface area contributed by atoms with Gasteiger partial charge in [0.1, 0.15) is 5.75 Å². The lowest BCUT2D eigenvalue weighted by atomic mass is 10.1. The Bertz CT molecular complexity index is 893. The smallest absolute Gasteiger partial charge is 0.261 e. The van der Waals surface area contributed by atoms with E-state index in [4.69, 9.17) is 20.9 Å². The van der Waals surface area contributed by atoms with E-state index in [0.717, 1.165) is 11.1 Å². The Morgan fingerprint density at radius 3 is 2.77 bits per heavy atom. The van der Waals surface area contributed by atoms with Gasteiger partial charge in [-0.05, 0) is 44.2 Å². The van der Waals surface area contributed by atoms with Crippen LogP contribution in [0.25, 0.3) is 11.5 Å². The summed E-state index contributed by atoms with van der Waals surface area (Å²) in [5.41, 5.74) is 1.98. The molecule has 3 rings (SSSR count). The third-order valence-electron chi connectivity index (χ3n) is 3.67. The third kappa shape index (κ3) is 4.61. The van der Waals surface area contributed by atoms with Gasteiger partial charge in [-0.25, -0.2) is 0 Å². The van der Waals surface area contributed by atoms with Gasteiger partial charge in [0.2, 0.25) is 0 Å². The van der Waals surface area contributed by atoms with E-state index in [1.54, 1.807) is 31.2 Å². The number of benzene rings is 2. The zero-order chi connectivity index (χ0) is 18.5. The Balaban J connectivity index is 1.55. The molecule has 0 radical (unpaired) electrons. The lowest BCUT2D eigenvalue weighted by Crippen LogP contribution is -2.36. The Hall–Kier alpha value is -2.86. The summed E-state index contributed by atoms with van der Waals surface area (Å²) in [6, 6.07) is 14.6. The average molecular weight is 372 g/mol. The largest absolute Gasteiger partial charge is 0.481 e. The van der Waals surface area contributed by atoms with E-state index < -0.39 is 6.10 Å². The van der Waals surface area contributed by atoms with Gasteiger partial charge in [0.15, 0.2) is 11.9 Å². The number of hydrogen-bond acceptors (Lipinski definition) is 5. The van der Waals surface area contributed by atoms with Crippen LogP contribution in [0, 0.1) is 6.92 Å². The second-order valence-electron chi connectivity index (χ2n) is 5.82.